The molecule has 8 heteroatoms. The molecule has 21 heavy (non-hydrogen) atoms. The molecule has 0 bridgehead atoms. The van der Waals surface area contributed by atoms with Crippen molar-refractivity contribution in [1.82, 2.24) is 0 Å². The number of para-hydroxylation sites is 1. The fraction of sp³-hybridized carbons (Fsp3) is 0. The highest BCUT2D eigenvalue weighted by molar-refractivity contribution is 6.09. The lowest BCUT2D eigenvalue weighted by atomic mass is 10.1. The number of nitrogens with two attached hydrogens (primary N) is 1. The van der Waals surface area contributed by atoms with Gasteiger partial charge in [-0.15, -0.1) is 0 Å². The van der Waals surface area contributed by atoms with Crippen LogP contribution in [0.3, 0.4) is 0 Å². The van der Waals surface area contributed by atoms with Crippen LogP contribution in [-0.2, 0) is 0 Å². The van der Waals surface area contributed by atoms with E-state index >= 15 is 0 Å². The van der Waals surface area contributed by atoms with Crippen LogP contribution in [0.1, 0.15) is 10.4 Å². The third-order valence-electron chi connectivity index (χ3n) is 2.73. The molecular formula is C13H11FN4O3. The Kier molecular flexibility index (Phi) is 4.10. The molecule has 0 aromatic heterocycles. The van der Waals surface area contributed by atoms with Crippen molar-refractivity contribution in [1.29, 1.82) is 0 Å². The maximum Gasteiger partial charge on any atom is 0.294 e. The lowest BCUT2D eigenvalue weighted by molar-refractivity contribution is -0.384. The molecule has 0 aliphatic carbocycles. The number of nitro benzene ring substituents is 1. The van der Waals surface area contributed by atoms with Crippen LogP contribution in [0, 0.1) is 15.9 Å². The van der Waals surface area contributed by atoms with Crippen molar-refractivity contribution in [3.8, 4) is 0 Å². The lowest BCUT2D eigenvalue weighted by Gasteiger charge is -2.10. The van der Waals surface area contributed by atoms with Gasteiger partial charge in [-0.1, -0.05) is 6.07 Å². The number of nitrogens with one attached hydrogen (secondary N) is 2. The largest absolute Gasteiger partial charge is 0.322 e. The summed E-state index contributed by atoms with van der Waals surface area (Å²) in [7, 11) is 0. The molecule has 0 unspecified atom stereocenters. The minimum atomic E-state index is -0.649. The molecule has 0 aliphatic heterocycles. The zero-order chi connectivity index (χ0) is 15.4. The maximum absolute atomic E-state index is 12.8. The van der Waals surface area contributed by atoms with Gasteiger partial charge in [0, 0.05) is 11.8 Å². The SMILES string of the molecule is NNc1c(C(=O)Nc2ccc(F)cc2)cccc1[N+](=O)[O-]. The van der Waals surface area contributed by atoms with Gasteiger partial charge in [-0.25, -0.2) is 4.39 Å². The normalized spacial score (nSPS) is 10.0. The Morgan fingerprint density at radius 3 is 2.43 bits per heavy atom. The number of nitro groups is 1. The van der Waals surface area contributed by atoms with Crippen LogP contribution in [0.4, 0.5) is 21.5 Å². The Balaban J connectivity index is 2.33. The molecule has 1 amide bonds. The van der Waals surface area contributed by atoms with E-state index in [1.54, 1.807) is 0 Å². The standard InChI is InChI=1S/C13H11FN4O3/c14-8-4-6-9(7-5-8)16-13(19)10-2-1-3-11(18(20)21)12(10)17-15/h1-7,17H,15H2,(H,16,19). The quantitative estimate of drug-likeness (QED) is 0.454. The van der Waals surface area contributed by atoms with Gasteiger partial charge in [0.2, 0.25) is 0 Å². The van der Waals surface area contributed by atoms with Crippen molar-refractivity contribution in [2.24, 2.45) is 5.84 Å². The molecule has 0 saturated heterocycles. The Hall–Kier alpha value is -3.00. The van der Waals surface area contributed by atoms with E-state index in [2.05, 4.69) is 10.7 Å². The first-order chi connectivity index (χ1) is 10.0. The van der Waals surface area contributed by atoms with Gasteiger partial charge in [0.25, 0.3) is 11.6 Å². The predicted octanol–water partition coefficient (Wildman–Crippen LogP) is 2.27. The molecule has 2 aromatic carbocycles. The van der Waals surface area contributed by atoms with E-state index in [1.165, 1.54) is 42.5 Å². The molecule has 0 radical (unpaired) electrons. The van der Waals surface area contributed by atoms with Crippen LogP contribution >= 0.6 is 0 Å². The first-order valence-corrected chi connectivity index (χ1v) is 5.84. The van der Waals surface area contributed by atoms with E-state index in [-0.39, 0.29) is 16.9 Å². The van der Waals surface area contributed by atoms with E-state index in [0.717, 1.165) is 0 Å². The second kappa shape index (κ2) is 5.97. The zero-order valence-electron chi connectivity index (χ0n) is 10.7. The molecule has 0 spiro atoms. The summed E-state index contributed by atoms with van der Waals surface area (Å²) in [5, 5.41) is 13.4. The minimum Gasteiger partial charge on any atom is -0.322 e. The van der Waals surface area contributed by atoms with Crippen LogP contribution in [0.2, 0.25) is 0 Å². The van der Waals surface area contributed by atoms with Crippen LogP contribution < -0.4 is 16.6 Å². The number of benzene rings is 2. The molecular weight excluding hydrogens is 279 g/mol. The molecule has 0 fully saturated rings. The van der Waals surface area contributed by atoms with E-state index in [4.69, 9.17) is 5.84 Å². The Bertz CT molecular complexity index is 688. The van der Waals surface area contributed by atoms with E-state index in [1.807, 2.05) is 0 Å². The number of anilines is 2. The summed E-state index contributed by atoms with van der Waals surface area (Å²) in [5.41, 5.74) is 2.12. The number of hydrogen-bond acceptors (Lipinski definition) is 5. The van der Waals surface area contributed by atoms with Crippen molar-refractivity contribution in [3.05, 3.63) is 64.0 Å². The lowest BCUT2D eigenvalue weighted by Crippen LogP contribution is -2.18. The first kappa shape index (κ1) is 14.4. The van der Waals surface area contributed by atoms with Gasteiger partial charge in [0.15, 0.2) is 0 Å². The molecule has 0 atom stereocenters. The zero-order valence-corrected chi connectivity index (χ0v) is 10.7. The molecule has 0 saturated carbocycles. The molecule has 4 N–H and O–H groups in total. The topological polar surface area (TPSA) is 110 Å². The van der Waals surface area contributed by atoms with Crippen LogP contribution in [0.25, 0.3) is 0 Å². The Morgan fingerprint density at radius 1 is 1.19 bits per heavy atom. The van der Waals surface area contributed by atoms with Gasteiger partial charge in [0.1, 0.15) is 11.5 Å². The second-order valence-corrected chi connectivity index (χ2v) is 4.06. The fourth-order valence-corrected chi connectivity index (χ4v) is 1.76. The summed E-state index contributed by atoms with van der Waals surface area (Å²) in [6.45, 7) is 0. The summed E-state index contributed by atoms with van der Waals surface area (Å²) in [4.78, 5) is 22.4. The van der Waals surface area contributed by atoms with Gasteiger partial charge >= 0.3 is 0 Å². The highest BCUT2D eigenvalue weighted by Crippen LogP contribution is 2.27. The van der Waals surface area contributed by atoms with Crippen molar-refractivity contribution < 1.29 is 14.1 Å². The number of hydrogen-bond donors (Lipinski definition) is 3. The van der Waals surface area contributed by atoms with Gasteiger partial charge in [-0.2, -0.15) is 0 Å². The molecule has 0 heterocycles. The van der Waals surface area contributed by atoms with Crippen molar-refractivity contribution in [2.45, 2.75) is 0 Å². The molecule has 2 aromatic rings. The van der Waals surface area contributed by atoms with Gasteiger partial charge in [-0.3, -0.25) is 20.8 Å². The van der Waals surface area contributed by atoms with Crippen LogP contribution in [0.15, 0.2) is 42.5 Å². The first-order valence-electron chi connectivity index (χ1n) is 5.84. The summed E-state index contributed by atoms with van der Waals surface area (Å²) >= 11 is 0. The summed E-state index contributed by atoms with van der Waals surface area (Å²) < 4.78 is 12.8. The van der Waals surface area contributed by atoms with Gasteiger partial charge in [-0.05, 0) is 30.3 Å². The highest BCUT2D eigenvalue weighted by atomic mass is 19.1. The average Bonchev–Trinajstić information content (AvgIpc) is 2.48. The molecule has 7 nitrogen and oxygen atoms in total. The summed E-state index contributed by atoms with van der Waals surface area (Å²) in [6.07, 6.45) is 0. The maximum atomic E-state index is 12.8. The number of amides is 1. The number of carbonyl (C=O) groups excluding carboxylic acids is 1. The number of halogens is 1. The second-order valence-electron chi connectivity index (χ2n) is 4.06. The van der Waals surface area contributed by atoms with E-state index < -0.39 is 16.6 Å². The van der Waals surface area contributed by atoms with Gasteiger partial charge < -0.3 is 10.7 Å². The third-order valence-corrected chi connectivity index (χ3v) is 2.73. The smallest absolute Gasteiger partial charge is 0.294 e. The van der Waals surface area contributed by atoms with Crippen LogP contribution in [-0.4, -0.2) is 10.8 Å². The minimum absolute atomic E-state index is 0.0102. The Morgan fingerprint density at radius 2 is 1.86 bits per heavy atom. The predicted molar refractivity (Wildman–Crippen MR) is 75.3 cm³/mol. The number of hydrazine groups is 1. The average molecular weight is 290 g/mol. The monoisotopic (exact) mass is 290 g/mol. The summed E-state index contributed by atoms with van der Waals surface area (Å²) in [5.74, 6) is 4.22. The number of rotatable bonds is 4. The van der Waals surface area contributed by atoms with Crippen molar-refractivity contribution in [3.63, 3.8) is 0 Å². The molecule has 0 aliphatic rings. The van der Waals surface area contributed by atoms with Crippen molar-refractivity contribution in [2.75, 3.05) is 10.7 Å². The fourth-order valence-electron chi connectivity index (χ4n) is 1.76. The van der Waals surface area contributed by atoms with Crippen molar-refractivity contribution >= 4 is 23.0 Å². The number of nitrogen functional groups attached to an aromatic ring is 1. The Labute approximate surface area is 118 Å². The van der Waals surface area contributed by atoms with Crippen LogP contribution in [0.5, 0.6) is 0 Å². The van der Waals surface area contributed by atoms with Gasteiger partial charge in [0.05, 0.1) is 10.5 Å². The van der Waals surface area contributed by atoms with E-state index in [9.17, 15) is 19.3 Å². The molecule has 108 valence electrons. The number of nitrogens with zero attached hydrogens (tertiary/aromatic N) is 1. The highest BCUT2D eigenvalue weighted by Gasteiger charge is 2.20. The van der Waals surface area contributed by atoms with E-state index in [0.29, 0.717) is 5.69 Å². The third kappa shape index (κ3) is 3.12. The molecule has 2 rings (SSSR count). The summed E-state index contributed by atoms with van der Waals surface area (Å²) in [6, 6.07) is 9.11. The number of carbonyl (C=O) groups is 1.